The first-order chi connectivity index (χ1) is 23.4. The second-order valence-electron chi connectivity index (χ2n) is 12.8. The molecule has 0 aromatic heterocycles. The van der Waals surface area contributed by atoms with Crippen molar-refractivity contribution in [3.63, 3.8) is 0 Å². The van der Waals surface area contributed by atoms with E-state index >= 15 is 0 Å². The first-order valence-electron chi connectivity index (χ1n) is 19.0. The Morgan fingerprint density at radius 3 is 1.71 bits per heavy atom. The van der Waals surface area contributed by atoms with E-state index in [1.165, 1.54) is 57.8 Å². The lowest BCUT2D eigenvalue weighted by Gasteiger charge is -2.12. The summed E-state index contributed by atoms with van der Waals surface area (Å²) in [4.78, 5) is 23.9. The number of aliphatic hydroxyl groups is 2. The third kappa shape index (κ3) is 34.6. The van der Waals surface area contributed by atoms with Crippen molar-refractivity contribution in [3.8, 4) is 0 Å². The van der Waals surface area contributed by atoms with E-state index in [9.17, 15) is 19.8 Å². The standard InChI is InChI=1S/C42H70O6/c1-4-6-7-8-9-10-11-12-13-17-20-23-27-32-39(43)33-28-25-30-35-42(46)48-37-40(44)36-47-41(45)34-29-24-21-18-15-14-16-19-22-26-31-38(3)5-2/h6-7,9-10,12-13,20,23,25,27-28,32,38-40,43-44H,4-5,8,11,14-19,21-22,24,26,29-31,33-37H2,1-3H3/b7-6-,10-9-,13-12-,23-20-,28-25-,32-27-/t38?,39?,40-/m1/s1. The van der Waals surface area contributed by atoms with Gasteiger partial charge < -0.3 is 19.7 Å². The third-order valence-electron chi connectivity index (χ3n) is 8.09. The Morgan fingerprint density at radius 1 is 0.604 bits per heavy atom. The Balaban J connectivity index is 3.71. The van der Waals surface area contributed by atoms with Gasteiger partial charge in [0.15, 0.2) is 0 Å². The molecule has 0 heterocycles. The molecule has 6 nitrogen and oxygen atoms in total. The summed E-state index contributed by atoms with van der Waals surface area (Å²) in [5.41, 5.74) is 0. The van der Waals surface area contributed by atoms with E-state index in [0.29, 0.717) is 19.3 Å². The van der Waals surface area contributed by atoms with Crippen LogP contribution in [-0.2, 0) is 19.1 Å². The van der Waals surface area contributed by atoms with E-state index in [-0.39, 0.29) is 25.6 Å². The molecule has 0 amide bonds. The predicted molar refractivity (Wildman–Crippen MR) is 202 cm³/mol. The van der Waals surface area contributed by atoms with Crippen LogP contribution in [0.4, 0.5) is 0 Å². The molecule has 0 fully saturated rings. The SMILES string of the molecule is CC/C=C\C/C=C\C/C=C\C/C=C\C=C/C(O)C/C=C\CCC(=O)OC[C@H](O)COC(=O)CCCCCCCCCCCCC(C)CC. The lowest BCUT2D eigenvalue weighted by molar-refractivity contribution is -0.152. The molecule has 3 atom stereocenters. The highest BCUT2D eigenvalue weighted by atomic mass is 16.6. The summed E-state index contributed by atoms with van der Waals surface area (Å²) in [5.74, 6) is 0.121. The van der Waals surface area contributed by atoms with Gasteiger partial charge in [0.1, 0.15) is 19.3 Å². The van der Waals surface area contributed by atoms with Crippen molar-refractivity contribution in [1.29, 1.82) is 0 Å². The highest BCUT2D eigenvalue weighted by Crippen LogP contribution is 2.15. The summed E-state index contributed by atoms with van der Waals surface area (Å²) in [6.45, 7) is 6.37. The van der Waals surface area contributed by atoms with Crippen LogP contribution in [0.3, 0.4) is 0 Å². The van der Waals surface area contributed by atoms with Crippen molar-refractivity contribution in [3.05, 3.63) is 72.9 Å². The zero-order valence-electron chi connectivity index (χ0n) is 30.7. The Hall–Kier alpha value is -2.70. The summed E-state index contributed by atoms with van der Waals surface area (Å²) in [6, 6.07) is 0. The van der Waals surface area contributed by atoms with Gasteiger partial charge in [-0.25, -0.2) is 0 Å². The molecule has 0 aliphatic rings. The molecule has 0 aromatic carbocycles. The van der Waals surface area contributed by atoms with Gasteiger partial charge in [-0.2, -0.15) is 0 Å². The van der Waals surface area contributed by atoms with E-state index in [0.717, 1.165) is 50.9 Å². The lowest BCUT2D eigenvalue weighted by Crippen LogP contribution is -2.25. The number of unbranched alkanes of at least 4 members (excludes halogenated alkanes) is 9. The summed E-state index contributed by atoms with van der Waals surface area (Å²) in [6.07, 6.45) is 42.7. The van der Waals surface area contributed by atoms with Crippen LogP contribution >= 0.6 is 0 Å². The maximum atomic E-state index is 11.9. The Kier molecular flexibility index (Phi) is 33.6. The van der Waals surface area contributed by atoms with Crippen LogP contribution < -0.4 is 0 Å². The monoisotopic (exact) mass is 671 g/mol. The van der Waals surface area contributed by atoms with Crippen LogP contribution in [0.2, 0.25) is 0 Å². The fourth-order valence-corrected chi connectivity index (χ4v) is 4.82. The van der Waals surface area contributed by atoms with Crippen LogP contribution in [0.25, 0.3) is 0 Å². The average molecular weight is 671 g/mol. The van der Waals surface area contributed by atoms with Gasteiger partial charge >= 0.3 is 11.9 Å². The molecule has 48 heavy (non-hydrogen) atoms. The van der Waals surface area contributed by atoms with Crippen molar-refractivity contribution < 1.29 is 29.3 Å². The van der Waals surface area contributed by atoms with Crippen molar-refractivity contribution in [1.82, 2.24) is 0 Å². The first-order valence-corrected chi connectivity index (χ1v) is 19.0. The predicted octanol–water partition coefficient (Wildman–Crippen LogP) is 10.6. The van der Waals surface area contributed by atoms with Crippen molar-refractivity contribution in [2.24, 2.45) is 5.92 Å². The molecule has 0 saturated heterocycles. The molecule has 0 radical (unpaired) electrons. The van der Waals surface area contributed by atoms with Gasteiger partial charge in [-0.3, -0.25) is 9.59 Å². The van der Waals surface area contributed by atoms with Gasteiger partial charge in [-0.15, -0.1) is 0 Å². The van der Waals surface area contributed by atoms with E-state index in [1.807, 2.05) is 30.4 Å². The molecule has 0 bridgehead atoms. The zero-order chi connectivity index (χ0) is 35.3. The number of aliphatic hydroxyl groups excluding tert-OH is 2. The minimum Gasteiger partial charge on any atom is -0.463 e. The van der Waals surface area contributed by atoms with Gasteiger partial charge in [0.2, 0.25) is 0 Å². The van der Waals surface area contributed by atoms with Gasteiger partial charge in [-0.1, -0.05) is 164 Å². The number of ether oxygens (including phenoxy) is 2. The number of rotatable bonds is 32. The smallest absolute Gasteiger partial charge is 0.306 e. The molecule has 0 aliphatic heterocycles. The van der Waals surface area contributed by atoms with Crippen LogP contribution in [0.5, 0.6) is 0 Å². The number of carbonyl (C=O) groups excluding carboxylic acids is 2. The topological polar surface area (TPSA) is 93.1 Å². The van der Waals surface area contributed by atoms with Crippen LogP contribution in [0.1, 0.15) is 149 Å². The Bertz CT molecular complexity index is 928. The van der Waals surface area contributed by atoms with Crippen LogP contribution in [0, 0.1) is 5.92 Å². The van der Waals surface area contributed by atoms with Crippen molar-refractivity contribution >= 4 is 11.9 Å². The highest BCUT2D eigenvalue weighted by Gasteiger charge is 2.12. The maximum absolute atomic E-state index is 11.9. The van der Waals surface area contributed by atoms with Crippen molar-refractivity contribution in [2.45, 2.75) is 161 Å². The maximum Gasteiger partial charge on any atom is 0.306 e. The molecular weight excluding hydrogens is 600 g/mol. The van der Waals surface area contributed by atoms with Crippen LogP contribution in [-0.4, -0.2) is 47.6 Å². The molecule has 0 aliphatic carbocycles. The second kappa shape index (κ2) is 35.6. The van der Waals surface area contributed by atoms with Gasteiger partial charge in [0.05, 0.1) is 6.10 Å². The number of esters is 2. The fraction of sp³-hybridized carbons (Fsp3) is 0.667. The summed E-state index contributed by atoms with van der Waals surface area (Å²) in [7, 11) is 0. The number of hydrogen-bond donors (Lipinski definition) is 2. The first kappa shape index (κ1) is 45.3. The molecule has 2 N–H and O–H groups in total. The third-order valence-corrected chi connectivity index (χ3v) is 8.09. The molecule has 274 valence electrons. The quantitative estimate of drug-likeness (QED) is 0.0320. The fourth-order valence-electron chi connectivity index (χ4n) is 4.82. The molecule has 6 heteroatoms. The normalized spacial score (nSPS) is 14.4. The van der Waals surface area contributed by atoms with Crippen LogP contribution in [0.15, 0.2) is 72.9 Å². The molecule has 0 aromatic rings. The molecule has 2 unspecified atom stereocenters. The van der Waals surface area contributed by atoms with E-state index in [1.54, 1.807) is 6.08 Å². The average Bonchev–Trinajstić information content (AvgIpc) is 3.08. The number of allylic oxidation sites excluding steroid dienone is 10. The zero-order valence-corrected chi connectivity index (χ0v) is 30.7. The molecule has 0 saturated carbocycles. The molecule has 0 rings (SSSR count). The highest BCUT2D eigenvalue weighted by molar-refractivity contribution is 5.70. The summed E-state index contributed by atoms with van der Waals surface area (Å²) >= 11 is 0. The molecule has 0 spiro atoms. The molecular formula is C42H70O6. The Morgan fingerprint density at radius 2 is 1.12 bits per heavy atom. The lowest BCUT2D eigenvalue weighted by atomic mass is 9.99. The van der Waals surface area contributed by atoms with E-state index in [2.05, 4.69) is 57.2 Å². The van der Waals surface area contributed by atoms with Gasteiger partial charge in [-0.05, 0) is 50.9 Å². The summed E-state index contributed by atoms with van der Waals surface area (Å²) in [5, 5.41) is 20.1. The van der Waals surface area contributed by atoms with Crippen molar-refractivity contribution in [2.75, 3.05) is 13.2 Å². The number of carbonyl (C=O) groups is 2. The number of hydrogen-bond acceptors (Lipinski definition) is 6. The minimum absolute atomic E-state index is 0.171. The second-order valence-corrected chi connectivity index (χ2v) is 12.8. The van der Waals surface area contributed by atoms with Gasteiger partial charge in [0.25, 0.3) is 0 Å². The summed E-state index contributed by atoms with van der Waals surface area (Å²) < 4.78 is 10.2. The van der Waals surface area contributed by atoms with E-state index < -0.39 is 18.2 Å². The largest absolute Gasteiger partial charge is 0.463 e. The Labute approximate surface area is 294 Å². The minimum atomic E-state index is -1.03. The van der Waals surface area contributed by atoms with E-state index in [4.69, 9.17) is 9.47 Å². The van der Waals surface area contributed by atoms with Gasteiger partial charge in [0, 0.05) is 12.8 Å².